The van der Waals surface area contributed by atoms with Crippen LogP contribution in [0.25, 0.3) is 0 Å². The molecule has 2 aromatic rings. The van der Waals surface area contributed by atoms with Crippen LogP contribution in [0.2, 0.25) is 0 Å². The lowest BCUT2D eigenvalue weighted by molar-refractivity contribution is 1.09. The maximum absolute atomic E-state index is 5.77. The van der Waals surface area contributed by atoms with Crippen LogP contribution >= 0.6 is 15.9 Å². The molecule has 0 spiro atoms. The summed E-state index contributed by atoms with van der Waals surface area (Å²) in [6.45, 7) is 2.66. The van der Waals surface area contributed by atoms with E-state index in [1.807, 2.05) is 19.1 Å². The predicted octanol–water partition coefficient (Wildman–Crippen LogP) is 2.74. The van der Waals surface area contributed by atoms with Gasteiger partial charge in [0.2, 0.25) is 0 Å². The van der Waals surface area contributed by atoms with E-state index in [2.05, 4.69) is 31.2 Å². The van der Waals surface area contributed by atoms with E-state index in [4.69, 9.17) is 5.73 Å². The molecular formula is C12H13BrN4. The summed E-state index contributed by atoms with van der Waals surface area (Å²) in [5.41, 5.74) is 8.61. The topological polar surface area (TPSA) is 63.8 Å². The largest absolute Gasteiger partial charge is 0.397 e. The van der Waals surface area contributed by atoms with Crippen LogP contribution in [0.5, 0.6) is 0 Å². The smallest absolute Gasteiger partial charge is 0.140 e. The number of anilines is 2. The summed E-state index contributed by atoms with van der Waals surface area (Å²) in [5, 5.41) is 3.26. The second-order valence-electron chi connectivity index (χ2n) is 3.71. The number of hydrogen-bond acceptors (Lipinski definition) is 4. The summed E-state index contributed by atoms with van der Waals surface area (Å²) >= 11 is 3.49. The van der Waals surface area contributed by atoms with E-state index >= 15 is 0 Å². The standard InChI is InChI=1S/C12H13BrN4/c1-8-10(14)7-17-12(11(8)13)16-6-9-2-4-15-5-3-9/h2-5,7H,6,14H2,1H3,(H,16,17). The van der Waals surface area contributed by atoms with Crippen molar-refractivity contribution in [3.8, 4) is 0 Å². The molecule has 0 saturated carbocycles. The lowest BCUT2D eigenvalue weighted by Gasteiger charge is -2.10. The Hall–Kier alpha value is -1.62. The normalized spacial score (nSPS) is 10.2. The number of nitrogens with two attached hydrogens (primary N) is 1. The third-order valence-electron chi connectivity index (χ3n) is 2.51. The van der Waals surface area contributed by atoms with Crippen LogP contribution in [0.15, 0.2) is 35.2 Å². The summed E-state index contributed by atoms with van der Waals surface area (Å²) in [4.78, 5) is 8.23. The lowest BCUT2D eigenvalue weighted by atomic mass is 10.2. The van der Waals surface area contributed by atoms with Crippen LogP contribution in [-0.4, -0.2) is 9.97 Å². The Kier molecular flexibility index (Phi) is 3.58. The highest BCUT2D eigenvalue weighted by Crippen LogP contribution is 2.27. The van der Waals surface area contributed by atoms with Crippen molar-refractivity contribution < 1.29 is 0 Å². The third-order valence-corrected chi connectivity index (χ3v) is 3.48. The van der Waals surface area contributed by atoms with Crippen LogP contribution in [0.1, 0.15) is 11.1 Å². The zero-order chi connectivity index (χ0) is 12.3. The molecule has 88 valence electrons. The van der Waals surface area contributed by atoms with Gasteiger partial charge in [0, 0.05) is 18.9 Å². The van der Waals surface area contributed by atoms with Gasteiger partial charge in [-0.25, -0.2) is 4.98 Å². The Morgan fingerprint density at radius 2 is 2.06 bits per heavy atom. The number of hydrogen-bond donors (Lipinski definition) is 2. The van der Waals surface area contributed by atoms with Crippen LogP contribution in [0.4, 0.5) is 11.5 Å². The minimum Gasteiger partial charge on any atom is -0.397 e. The summed E-state index contributed by atoms with van der Waals surface area (Å²) in [6, 6.07) is 3.93. The summed E-state index contributed by atoms with van der Waals surface area (Å²) in [7, 11) is 0. The van der Waals surface area contributed by atoms with E-state index in [0.717, 1.165) is 21.4 Å². The van der Waals surface area contributed by atoms with E-state index in [1.54, 1.807) is 18.6 Å². The van der Waals surface area contributed by atoms with Crippen molar-refractivity contribution in [1.82, 2.24) is 9.97 Å². The van der Waals surface area contributed by atoms with Gasteiger partial charge in [-0.15, -0.1) is 0 Å². The molecular weight excluding hydrogens is 280 g/mol. The van der Waals surface area contributed by atoms with Crippen molar-refractivity contribution in [2.75, 3.05) is 11.1 Å². The van der Waals surface area contributed by atoms with Crippen molar-refractivity contribution in [3.05, 3.63) is 46.3 Å². The molecule has 2 rings (SSSR count). The van der Waals surface area contributed by atoms with Crippen molar-refractivity contribution in [2.45, 2.75) is 13.5 Å². The highest BCUT2D eigenvalue weighted by molar-refractivity contribution is 9.10. The highest BCUT2D eigenvalue weighted by Gasteiger charge is 2.06. The van der Waals surface area contributed by atoms with Gasteiger partial charge in [0.05, 0.1) is 16.4 Å². The van der Waals surface area contributed by atoms with Gasteiger partial charge in [0.15, 0.2) is 0 Å². The number of nitrogens with one attached hydrogen (secondary N) is 1. The maximum Gasteiger partial charge on any atom is 0.140 e. The highest BCUT2D eigenvalue weighted by atomic mass is 79.9. The number of aromatic nitrogens is 2. The number of halogens is 1. The Balaban J connectivity index is 2.13. The van der Waals surface area contributed by atoms with Crippen LogP contribution in [0.3, 0.4) is 0 Å². The van der Waals surface area contributed by atoms with Crippen molar-refractivity contribution >= 4 is 27.4 Å². The lowest BCUT2D eigenvalue weighted by Crippen LogP contribution is -2.04. The van der Waals surface area contributed by atoms with E-state index in [1.165, 1.54) is 0 Å². The van der Waals surface area contributed by atoms with Gasteiger partial charge >= 0.3 is 0 Å². The van der Waals surface area contributed by atoms with Crippen molar-refractivity contribution in [2.24, 2.45) is 0 Å². The van der Waals surface area contributed by atoms with Gasteiger partial charge < -0.3 is 11.1 Å². The van der Waals surface area contributed by atoms with Crippen LogP contribution < -0.4 is 11.1 Å². The molecule has 0 aliphatic heterocycles. The Morgan fingerprint density at radius 1 is 1.35 bits per heavy atom. The minimum atomic E-state index is 0.686. The average molecular weight is 293 g/mol. The number of rotatable bonds is 3. The monoisotopic (exact) mass is 292 g/mol. The molecule has 0 atom stereocenters. The Bertz CT molecular complexity index is 513. The first-order valence-electron chi connectivity index (χ1n) is 5.22. The summed E-state index contributed by atoms with van der Waals surface area (Å²) in [6.07, 6.45) is 5.20. The molecule has 5 heteroatoms. The fourth-order valence-electron chi connectivity index (χ4n) is 1.40. The molecule has 0 saturated heterocycles. The zero-order valence-corrected chi connectivity index (χ0v) is 11.0. The first-order chi connectivity index (χ1) is 8.18. The van der Waals surface area contributed by atoms with Crippen LogP contribution in [-0.2, 0) is 6.54 Å². The first-order valence-corrected chi connectivity index (χ1v) is 6.01. The molecule has 4 nitrogen and oxygen atoms in total. The molecule has 0 unspecified atom stereocenters. The molecule has 0 aliphatic rings. The van der Waals surface area contributed by atoms with E-state index in [-0.39, 0.29) is 0 Å². The second kappa shape index (κ2) is 5.14. The number of nitrogens with zero attached hydrogens (tertiary/aromatic N) is 2. The zero-order valence-electron chi connectivity index (χ0n) is 9.44. The maximum atomic E-state index is 5.77. The molecule has 0 bridgehead atoms. The van der Waals surface area contributed by atoms with E-state index < -0.39 is 0 Å². The van der Waals surface area contributed by atoms with E-state index in [9.17, 15) is 0 Å². The Labute approximate surface area is 108 Å². The molecule has 0 fully saturated rings. The van der Waals surface area contributed by atoms with Gasteiger partial charge in [-0.3, -0.25) is 4.98 Å². The van der Waals surface area contributed by atoms with Gasteiger partial charge in [-0.1, -0.05) is 0 Å². The molecule has 2 aromatic heterocycles. The molecule has 2 heterocycles. The molecule has 0 aromatic carbocycles. The molecule has 0 aliphatic carbocycles. The summed E-state index contributed by atoms with van der Waals surface area (Å²) in [5.74, 6) is 0.800. The number of pyridine rings is 2. The minimum absolute atomic E-state index is 0.686. The Morgan fingerprint density at radius 3 is 2.76 bits per heavy atom. The SMILES string of the molecule is Cc1c(N)cnc(NCc2ccncc2)c1Br. The van der Waals surface area contributed by atoms with Gasteiger partial charge in [-0.05, 0) is 46.1 Å². The molecule has 0 radical (unpaired) electrons. The predicted molar refractivity (Wildman–Crippen MR) is 72.7 cm³/mol. The van der Waals surface area contributed by atoms with E-state index in [0.29, 0.717) is 12.2 Å². The molecule has 0 amide bonds. The van der Waals surface area contributed by atoms with Gasteiger partial charge in [-0.2, -0.15) is 0 Å². The molecule has 17 heavy (non-hydrogen) atoms. The van der Waals surface area contributed by atoms with Crippen LogP contribution in [0, 0.1) is 6.92 Å². The fraction of sp³-hybridized carbons (Fsp3) is 0.167. The quantitative estimate of drug-likeness (QED) is 0.913. The van der Waals surface area contributed by atoms with Crippen molar-refractivity contribution in [3.63, 3.8) is 0 Å². The average Bonchev–Trinajstić information content (AvgIpc) is 2.36. The first kappa shape index (κ1) is 11.9. The number of nitrogen functional groups attached to an aromatic ring is 1. The summed E-state index contributed by atoms with van der Waals surface area (Å²) < 4.78 is 0.909. The third kappa shape index (κ3) is 2.74. The molecule has 3 N–H and O–H groups in total. The van der Waals surface area contributed by atoms with Gasteiger partial charge in [0.1, 0.15) is 5.82 Å². The van der Waals surface area contributed by atoms with Gasteiger partial charge in [0.25, 0.3) is 0 Å². The fourth-order valence-corrected chi connectivity index (χ4v) is 1.87. The second-order valence-corrected chi connectivity index (χ2v) is 4.50. The van der Waals surface area contributed by atoms with Crippen molar-refractivity contribution in [1.29, 1.82) is 0 Å².